The lowest BCUT2D eigenvalue weighted by Crippen LogP contribution is -2.40. The molecule has 0 bridgehead atoms. The minimum atomic E-state index is -3.14. The molecule has 0 aromatic carbocycles. The van der Waals surface area contributed by atoms with Gasteiger partial charge in [-0.05, 0) is 13.3 Å². The molecule has 1 amide bonds. The first kappa shape index (κ1) is 13.9. The molecule has 7 heteroatoms. The Morgan fingerprint density at radius 3 is 2.27 bits per heavy atom. The van der Waals surface area contributed by atoms with Gasteiger partial charge >= 0.3 is 6.09 Å². The normalized spacial score (nSPS) is 13.0. The summed E-state index contributed by atoms with van der Waals surface area (Å²) in [5.41, 5.74) is 0. The summed E-state index contributed by atoms with van der Waals surface area (Å²) in [6.07, 6.45) is 0.384. The Morgan fingerprint density at radius 1 is 1.40 bits per heavy atom. The Kier molecular flexibility index (Phi) is 5.27. The summed E-state index contributed by atoms with van der Waals surface area (Å²) in [5.74, 6) is -0.453. The van der Waals surface area contributed by atoms with Crippen molar-refractivity contribution in [2.24, 2.45) is 0 Å². The van der Waals surface area contributed by atoms with E-state index in [-0.39, 0.29) is 18.0 Å². The third-order valence-corrected chi connectivity index (χ3v) is 2.72. The number of methoxy groups -OCH3 is 1. The van der Waals surface area contributed by atoms with Gasteiger partial charge in [0.25, 0.3) is 0 Å². The summed E-state index contributed by atoms with van der Waals surface area (Å²) >= 11 is 0. The van der Waals surface area contributed by atoms with Crippen LogP contribution in [0.1, 0.15) is 13.3 Å². The summed E-state index contributed by atoms with van der Waals surface area (Å²) < 4.78 is 26.0. The molecule has 0 radical (unpaired) electrons. The van der Waals surface area contributed by atoms with Crippen LogP contribution in [-0.2, 0) is 19.4 Å². The number of amides is 1. The van der Waals surface area contributed by atoms with Crippen molar-refractivity contribution in [3.63, 3.8) is 0 Å². The van der Waals surface area contributed by atoms with Gasteiger partial charge in [-0.25, -0.2) is 13.2 Å². The quantitative estimate of drug-likeness (QED) is 0.711. The van der Waals surface area contributed by atoms with Gasteiger partial charge in [-0.2, -0.15) is 0 Å². The highest BCUT2D eigenvalue weighted by Crippen LogP contribution is 1.98. The Morgan fingerprint density at radius 2 is 1.93 bits per heavy atom. The van der Waals surface area contributed by atoms with E-state index in [4.69, 9.17) is 0 Å². The lowest BCUT2D eigenvalue weighted by atomic mass is 10.1. The van der Waals surface area contributed by atoms with Gasteiger partial charge in [-0.15, -0.1) is 0 Å². The zero-order valence-corrected chi connectivity index (χ0v) is 9.76. The number of ketones is 1. The summed E-state index contributed by atoms with van der Waals surface area (Å²) in [6.45, 7) is 1.28. The highest BCUT2D eigenvalue weighted by Gasteiger charge is 2.18. The van der Waals surface area contributed by atoms with Gasteiger partial charge in [0.15, 0.2) is 5.78 Å². The van der Waals surface area contributed by atoms with Crippen molar-refractivity contribution < 1.29 is 22.7 Å². The average molecular weight is 237 g/mol. The molecular weight excluding hydrogens is 222 g/mol. The third kappa shape index (κ3) is 6.89. The minimum absolute atomic E-state index is 0.0588. The van der Waals surface area contributed by atoms with E-state index in [2.05, 4.69) is 10.1 Å². The lowest BCUT2D eigenvalue weighted by Gasteiger charge is -2.13. The van der Waals surface area contributed by atoms with Gasteiger partial charge in [0.1, 0.15) is 9.84 Å². The number of Topliss-reactive ketones (excluding diaryl/α,β-unsaturated/α-hetero) is 1. The Hall–Kier alpha value is -1.11. The predicted molar refractivity (Wildman–Crippen MR) is 54.3 cm³/mol. The monoisotopic (exact) mass is 237 g/mol. The number of hydrogen-bond donors (Lipinski definition) is 1. The van der Waals surface area contributed by atoms with Crippen molar-refractivity contribution >= 4 is 21.7 Å². The number of carbonyl (C=O) groups is 2. The van der Waals surface area contributed by atoms with Crippen LogP contribution in [0, 0.1) is 0 Å². The molecule has 0 aromatic rings. The molecule has 0 rings (SSSR count). The van der Waals surface area contributed by atoms with Crippen LogP contribution in [-0.4, -0.2) is 45.5 Å². The second-order valence-electron chi connectivity index (χ2n) is 3.22. The van der Waals surface area contributed by atoms with Gasteiger partial charge in [0.2, 0.25) is 0 Å². The van der Waals surface area contributed by atoms with Crippen LogP contribution in [0.25, 0.3) is 0 Å². The van der Waals surface area contributed by atoms with Crippen LogP contribution in [0.3, 0.4) is 0 Å². The fraction of sp³-hybridized carbons (Fsp3) is 0.750. The average Bonchev–Trinajstić information content (AvgIpc) is 2.09. The Bertz CT molecular complexity index is 335. The van der Waals surface area contributed by atoms with Crippen molar-refractivity contribution in [1.82, 2.24) is 5.32 Å². The zero-order chi connectivity index (χ0) is 12.1. The fourth-order valence-corrected chi connectivity index (χ4v) is 1.57. The van der Waals surface area contributed by atoms with E-state index in [0.29, 0.717) is 0 Å². The van der Waals surface area contributed by atoms with E-state index in [1.54, 1.807) is 0 Å². The summed E-state index contributed by atoms with van der Waals surface area (Å²) in [4.78, 5) is 21.9. The molecule has 0 unspecified atom stereocenters. The molecule has 15 heavy (non-hydrogen) atoms. The van der Waals surface area contributed by atoms with E-state index in [1.165, 1.54) is 14.0 Å². The van der Waals surface area contributed by atoms with E-state index in [9.17, 15) is 18.0 Å². The number of nitrogens with one attached hydrogen (secondary N) is 1. The van der Waals surface area contributed by atoms with Gasteiger partial charge in [-0.1, -0.05) is 0 Å². The van der Waals surface area contributed by atoms with Crippen LogP contribution < -0.4 is 5.32 Å². The molecule has 0 fully saturated rings. The number of alkyl carbamates (subject to hydrolysis) is 1. The number of hydrogen-bond acceptors (Lipinski definition) is 5. The first-order chi connectivity index (χ1) is 6.76. The van der Waals surface area contributed by atoms with E-state index >= 15 is 0 Å². The maximum atomic E-state index is 11.0. The first-order valence-electron chi connectivity index (χ1n) is 4.29. The Balaban J connectivity index is 4.30. The number of carbonyl (C=O) groups excluding carboxylic acids is 2. The lowest BCUT2D eigenvalue weighted by molar-refractivity contribution is -0.118. The van der Waals surface area contributed by atoms with Crippen molar-refractivity contribution in [1.29, 1.82) is 0 Å². The molecule has 1 atom stereocenters. The molecule has 0 aliphatic heterocycles. The van der Waals surface area contributed by atoms with Crippen molar-refractivity contribution in [2.75, 3.05) is 19.1 Å². The molecule has 6 nitrogen and oxygen atoms in total. The maximum Gasteiger partial charge on any atom is 0.407 e. The fourth-order valence-electron chi connectivity index (χ4n) is 0.910. The topological polar surface area (TPSA) is 89.5 Å². The summed E-state index contributed by atoms with van der Waals surface area (Å²) in [5, 5.41) is 2.26. The van der Waals surface area contributed by atoms with Crippen LogP contribution in [0.15, 0.2) is 0 Å². The highest BCUT2D eigenvalue weighted by molar-refractivity contribution is 7.90. The van der Waals surface area contributed by atoms with E-state index in [1.807, 2.05) is 0 Å². The van der Waals surface area contributed by atoms with Crippen molar-refractivity contribution in [2.45, 2.75) is 19.4 Å². The first-order valence-corrected chi connectivity index (χ1v) is 6.35. The summed E-state index contributed by atoms with van der Waals surface area (Å²) in [6, 6.07) is -0.813. The Labute approximate surface area is 88.9 Å². The number of rotatable bonds is 5. The summed E-state index contributed by atoms with van der Waals surface area (Å²) in [7, 11) is -1.97. The molecule has 88 valence electrons. The van der Waals surface area contributed by atoms with Crippen molar-refractivity contribution in [3.05, 3.63) is 0 Å². The van der Waals surface area contributed by atoms with Gasteiger partial charge in [0.05, 0.1) is 18.9 Å². The van der Waals surface area contributed by atoms with E-state index < -0.39 is 22.0 Å². The standard InChI is InChI=1S/C8H15NO5S/c1-6(10)7(9-8(11)14-2)4-5-15(3,12)13/h7H,4-5H2,1-3H3,(H,9,11)/t7-/m0/s1. The molecular formula is C8H15NO5S. The number of sulfone groups is 1. The minimum Gasteiger partial charge on any atom is -0.453 e. The third-order valence-electron chi connectivity index (χ3n) is 1.75. The van der Waals surface area contributed by atoms with Crippen LogP contribution in [0.2, 0.25) is 0 Å². The largest absolute Gasteiger partial charge is 0.453 e. The molecule has 0 heterocycles. The second kappa shape index (κ2) is 5.69. The smallest absolute Gasteiger partial charge is 0.407 e. The highest BCUT2D eigenvalue weighted by atomic mass is 32.2. The van der Waals surface area contributed by atoms with Crippen LogP contribution >= 0.6 is 0 Å². The zero-order valence-electron chi connectivity index (χ0n) is 8.94. The number of ether oxygens (including phenoxy) is 1. The maximum absolute atomic E-state index is 11.0. The van der Waals surface area contributed by atoms with Gasteiger partial charge < -0.3 is 10.1 Å². The molecule has 0 saturated heterocycles. The molecule has 1 N–H and O–H groups in total. The SMILES string of the molecule is COC(=O)N[C@@H](CCS(C)(=O)=O)C(C)=O. The second-order valence-corrected chi connectivity index (χ2v) is 5.48. The van der Waals surface area contributed by atoms with Gasteiger partial charge in [-0.3, -0.25) is 4.79 Å². The molecule has 0 saturated carbocycles. The van der Waals surface area contributed by atoms with Crippen LogP contribution in [0.4, 0.5) is 4.79 Å². The van der Waals surface area contributed by atoms with E-state index in [0.717, 1.165) is 6.26 Å². The molecule has 0 spiro atoms. The predicted octanol–water partition coefficient (Wildman–Crippen LogP) is -0.265. The molecule has 0 aliphatic rings. The van der Waals surface area contributed by atoms with Crippen molar-refractivity contribution in [3.8, 4) is 0 Å². The molecule has 0 aromatic heterocycles. The molecule has 0 aliphatic carbocycles. The van der Waals surface area contributed by atoms with Crippen LogP contribution in [0.5, 0.6) is 0 Å². The van der Waals surface area contributed by atoms with Gasteiger partial charge in [0, 0.05) is 6.26 Å².